The van der Waals surface area contributed by atoms with Crippen LogP contribution in [0.5, 0.6) is 0 Å². The lowest BCUT2D eigenvalue weighted by atomic mass is 10.1. The minimum Gasteiger partial charge on any atom is -0.388 e. The Morgan fingerprint density at radius 1 is 1.03 bits per heavy atom. The molecule has 0 aliphatic carbocycles. The summed E-state index contributed by atoms with van der Waals surface area (Å²) in [4.78, 5) is 9.69. The Hall–Kier alpha value is -3.64. The molecule has 152 valence electrons. The Morgan fingerprint density at radius 2 is 1.83 bits per heavy atom. The van der Waals surface area contributed by atoms with Crippen LogP contribution in [0.4, 0.5) is 10.9 Å². The van der Waals surface area contributed by atoms with Gasteiger partial charge in [0.05, 0.1) is 4.88 Å². The highest BCUT2D eigenvalue weighted by molar-refractivity contribution is 7.18. The first-order valence-corrected chi connectivity index (χ1v) is 10.2. The predicted octanol–water partition coefficient (Wildman–Crippen LogP) is 5.66. The molecule has 2 heterocycles. The number of nitrogens with zero attached hydrogens (tertiary/aromatic N) is 2. The van der Waals surface area contributed by atoms with Crippen molar-refractivity contribution in [1.82, 2.24) is 15.3 Å². The predicted molar refractivity (Wildman–Crippen MR) is 130 cm³/mol. The van der Waals surface area contributed by atoms with Gasteiger partial charge in [-0.05, 0) is 41.2 Å². The Bertz CT molecular complexity index is 1180. The van der Waals surface area contributed by atoms with Crippen molar-refractivity contribution in [2.24, 2.45) is 0 Å². The maximum absolute atomic E-state index is 5.77. The van der Waals surface area contributed by atoms with E-state index in [0.717, 1.165) is 49.6 Å². The normalized spacial score (nSPS) is 11.6. The fourth-order valence-electron chi connectivity index (χ4n) is 2.83. The molecule has 0 atom stereocenters. The van der Waals surface area contributed by atoms with Crippen LogP contribution in [0.25, 0.3) is 21.2 Å². The van der Waals surface area contributed by atoms with Crippen LogP contribution < -0.4 is 16.4 Å². The quantitative estimate of drug-likeness (QED) is 0.414. The molecule has 3 rings (SSSR count). The van der Waals surface area contributed by atoms with Gasteiger partial charge in [0.15, 0.2) is 5.13 Å². The SMILES string of the molecule is C=C(/C=C\C(=C/C)C(=C)Nc1cc2cc(-c3cnc(N)s3)ccc2cn1)C(=C)NC. The van der Waals surface area contributed by atoms with Gasteiger partial charge in [-0.25, -0.2) is 9.97 Å². The highest BCUT2D eigenvalue weighted by atomic mass is 32.1. The molecule has 0 saturated heterocycles. The number of pyridine rings is 1. The van der Waals surface area contributed by atoms with Crippen LogP contribution >= 0.6 is 11.3 Å². The molecule has 0 amide bonds. The van der Waals surface area contributed by atoms with Gasteiger partial charge in [-0.3, -0.25) is 0 Å². The van der Waals surface area contributed by atoms with Crippen molar-refractivity contribution in [3.05, 3.63) is 97.2 Å². The van der Waals surface area contributed by atoms with Gasteiger partial charge in [0.1, 0.15) is 5.82 Å². The van der Waals surface area contributed by atoms with Crippen LogP contribution in [-0.2, 0) is 0 Å². The first-order valence-electron chi connectivity index (χ1n) is 9.39. The van der Waals surface area contributed by atoms with Crippen molar-refractivity contribution in [3.63, 3.8) is 0 Å². The number of nitrogen functional groups attached to an aromatic ring is 1. The van der Waals surface area contributed by atoms with E-state index < -0.39 is 0 Å². The molecule has 0 fully saturated rings. The molecule has 2 aromatic heterocycles. The van der Waals surface area contributed by atoms with Gasteiger partial charge >= 0.3 is 0 Å². The van der Waals surface area contributed by atoms with E-state index in [1.165, 1.54) is 11.3 Å². The number of anilines is 2. The summed E-state index contributed by atoms with van der Waals surface area (Å²) in [6.07, 6.45) is 9.48. The second-order valence-corrected chi connectivity index (χ2v) is 7.69. The highest BCUT2D eigenvalue weighted by Gasteiger charge is 2.06. The van der Waals surface area contributed by atoms with E-state index in [4.69, 9.17) is 5.73 Å². The van der Waals surface area contributed by atoms with Crippen molar-refractivity contribution >= 4 is 33.1 Å². The van der Waals surface area contributed by atoms with Gasteiger partial charge in [0.2, 0.25) is 0 Å². The van der Waals surface area contributed by atoms with Crippen molar-refractivity contribution in [2.75, 3.05) is 18.1 Å². The van der Waals surface area contributed by atoms with Gasteiger partial charge in [-0.1, -0.05) is 61.4 Å². The maximum atomic E-state index is 5.77. The molecule has 0 bridgehead atoms. The number of nitrogens with two attached hydrogens (primary N) is 1. The number of hydrogen-bond acceptors (Lipinski definition) is 6. The monoisotopic (exact) mass is 415 g/mol. The van der Waals surface area contributed by atoms with Gasteiger partial charge in [0.25, 0.3) is 0 Å². The van der Waals surface area contributed by atoms with Crippen LogP contribution in [0.2, 0.25) is 0 Å². The molecule has 0 spiro atoms. The fraction of sp³-hybridized carbons (Fsp3) is 0.0833. The fourth-order valence-corrected chi connectivity index (χ4v) is 3.51. The smallest absolute Gasteiger partial charge is 0.180 e. The Labute approximate surface area is 181 Å². The van der Waals surface area contributed by atoms with E-state index in [2.05, 4.69) is 52.5 Å². The summed E-state index contributed by atoms with van der Waals surface area (Å²) in [5.41, 5.74) is 10.1. The summed E-state index contributed by atoms with van der Waals surface area (Å²) in [5.74, 6) is 0.722. The van der Waals surface area contributed by atoms with Crippen LogP contribution in [0, 0.1) is 0 Å². The number of hydrogen-bond donors (Lipinski definition) is 3. The zero-order chi connectivity index (χ0) is 21.7. The van der Waals surface area contributed by atoms with E-state index in [1.54, 1.807) is 6.20 Å². The Morgan fingerprint density at radius 3 is 2.50 bits per heavy atom. The number of thiazole rings is 1. The third kappa shape index (κ3) is 4.85. The van der Waals surface area contributed by atoms with Crippen LogP contribution in [0.3, 0.4) is 0 Å². The van der Waals surface area contributed by atoms with Gasteiger partial charge in [-0.15, -0.1) is 0 Å². The molecule has 3 aromatic rings. The van der Waals surface area contributed by atoms with Gasteiger partial charge < -0.3 is 16.4 Å². The van der Waals surface area contributed by atoms with Crippen molar-refractivity contribution in [2.45, 2.75) is 6.92 Å². The minimum absolute atomic E-state index is 0.561. The first-order chi connectivity index (χ1) is 14.4. The lowest BCUT2D eigenvalue weighted by Crippen LogP contribution is -2.05. The van der Waals surface area contributed by atoms with Crippen molar-refractivity contribution in [3.8, 4) is 10.4 Å². The standard InChI is InChI=1S/C24H25N5S/c1-6-18(8-7-15(2)16(3)26-5)17(4)29-23-12-21-11-19(9-10-20(21)13-27-23)22-14-28-24(25)30-22/h6-14,26H,2-4H2,1,5H3,(H2,25,28)(H,27,29)/b8-7-,18-6+. The lowest BCUT2D eigenvalue weighted by molar-refractivity contribution is 1.02. The van der Waals surface area contributed by atoms with Crippen molar-refractivity contribution < 1.29 is 0 Å². The first kappa shape index (κ1) is 21.1. The number of allylic oxidation sites excluding steroid dienone is 3. The molecule has 0 saturated carbocycles. The van der Waals surface area contributed by atoms with Crippen molar-refractivity contribution in [1.29, 1.82) is 0 Å². The van der Waals surface area contributed by atoms with Crippen LogP contribution in [-0.4, -0.2) is 17.0 Å². The number of benzene rings is 1. The summed E-state index contributed by atoms with van der Waals surface area (Å²) in [6.45, 7) is 14.0. The molecule has 0 aliphatic heterocycles. The highest BCUT2D eigenvalue weighted by Crippen LogP contribution is 2.30. The van der Waals surface area contributed by atoms with E-state index in [9.17, 15) is 0 Å². The molecular formula is C24H25N5S. The molecule has 6 heteroatoms. The van der Waals surface area contributed by atoms with Gasteiger partial charge in [0, 0.05) is 36.2 Å². The minimum atomic E-state index is 0.561. The summed E-state index contributed by atoms with van der Waals surface area (Å²) in [5, 5.41) is 8.97. The molecule has 4 N–H and O–H groups in total. The van der Waals surface area contributed by atoms with E-state index >= 15 is 0 Å². The summed E-state index contributed by atoms with van der Waals surface area (Å²) in [6, 6.07) is 8.22. The number of nitrogens with one attached hydrogen (secondary N) is 2. The second-order valence-electron chi connectivity index (χ2n) is 6.63. The number of likely N-dealkylation sites (N-methyl/N-ethyl adjacent to an activating group) is 1. The topological polar surface area (TPSA) is 75.9 Å². The molecule has 5 nitrogen and oxygen atoms in total. The molecule has 0 unspecified atom stereocenters. The van der Waals surface area contributed by atoms with Crippen LogP contribution in [0.1, 0.15) is 6.92 Å². The third-order valence-electron chi connectivity index (χ3n) is 4.62. The number of fused-ring (bicyclic) bond motifs is 1. The van der Waals surface area contributed by atoms with Crippen LogP contribution in [0.15, 0.2) is 97.2 Å². The number of rotatable bonds is 8. The maximum Gasteiger partial charge on any atom is 0.180 e. The lowest BCUT2D eigenvalue weighted by Gasteiger charge is -2.11. The van der Waals surface area contributed by atoms with E-state index in [-0.39, 0.29) is 0 Å². The molecular weight excluding hydrogens is 390 g/mol. The summed E-state index contributed by atoms with van der Waals surface area (Å²) < 4.78 is 0. The zero-order valence-corrected chi connectivity index (χ0v) is 18.0. The average Bonchev–Trinajstić information content (AvgIpc) is 3.19. The van der Waals surface area contributed by atoms with E-state index in [1.807, 2.05) is 50.5 Å². The summed E-state index contributed by atoms with van der Waals surface area (Å²) >= 11 is 1.47. The Balaban J connectivity index is 1.80. The second kappa shape index (κ2) is 9.24. The largest absolute Gasteiger partial charge is 0.388 e. The third-order valence-corrected chi connectivity index (χ3v) is 5.50. The average molecular weight is 416 g/mol. The Kier molecular flexibility index (Phi) is 6.49. The molecule has 0 aliphatic rings. The summed E-state index contributed by atoms with van der Waals surface area (Å²) in [7, 11) is 1.82. The molecule has 1 aromatic carbocycles. The van der Waals surface area contributed by atoms with E-state index in [0.29, 0.717) is 5.13 Å². The van der Waals surface area contributed by atoms with Gasteiger partial charge in [-0.2, -0.15) is 0 Å². The molecule has 30 heavy (non-hydrogen) atoms. The zero-order valence-electron chi connectivity index (χ0n) is 17.2. The molecule has 0 radical (unpaired) electrons. The number of aromatic nitrogens is 2.